The fourth-order valence-electron chi connectivity index (χ4n) is 2.41. The summed E-state index contributed by atoms with van der Waals surface area (Å²) in [5, 5.41) is 4.21. The Bertz CT molecular complexity index is 354. The van der Waals surface area contributed by atoms with Crippen molar-refractivity contribution in [3.05, 3.63) is 29.3 Å². The molecule has 1 aromatic rings. The first-order chi connectivity index (χ1) is 8.28. The van der Waals surface area contributed by atoms with Gasteiger partial charge in [-0.1, -0.05) is 31.0 Å². The third-order valence-electron chi connectivity index (χ3n) is 3.53. The molecule has 1 aliphatic heterocycles. The summed E-state index contributed by atoms with van der Waals surface area (Å²) >= 11 is 5.94. The highest BCUT2D eigenvalue weighted by atomic mass is 35.5. The average molecular weight is 253 g/mol. The summed E-state index contributed by atoms with van der Waals surface area (Å²) in [6.07, 6.45) is 2.69. The molecule has 1 N–H and O–H groups in total. The molecule has 0 aliphatic carbocycles. The van der Waals surface area contributed by atoms with Crippen molar-refractivity contribution in [2.24, 2.45) is 5.92 Å². The summed E-state index contributed by atoms with van der Waals surface area (Å²) in [6.45, 7) is 6.95. The van der Waals surface area contributed by atoms with Gasteiger partial charge in [-0.3, -0.25) is 0 Å². The minimum absolute atomic E-state index is 0.794. The maximum Gasteiger partial charge on any atom is 0.0426 e. The molecule has 1 saturated heterocycles. The molecular formula is C14H21ClN2. The number of nitrogens with one attached hydrogen (secondary N) is 1. The average Bonchev–Trinajstić information content (AvgIpc) is 2.77. The lowest BCUT2D eigenvalue weighted by atomic mass is 10.1. The van der Waals surface area contributed by atoms with Gasteiger partial charge in [-0.2, -0.15) is 0 Å². The highest BCUT2D eigenvalue weighted by molar-refractivity contribution is 6.30. The number of benzene rings is 1. The summed E-state index contributed by atoms with van der Waals surface area (Å²) in [7, 11) is 0. The van der Waals surface area contributed by atoms with Crippen LogP contribution in [0.2, 0.25) is 5.02 Å². The summed E-state index contributed by atoms with van der Waals surface area (Å²) in [4.78, 5) is 2.55. The molecule has 0 spiro atoms. The SMILES string of the molecule is CCC1CCN(CCNc2cccc(Cl)c2)C1. The van der Waals surface area contributed by atoms with Gasteiger partial charge in [0, 0.05) is 30.3 Å². The van der Waals surface area contributed by atoms with Crippen LogP contribution in [0.15, 0.2) is 24.3 Å². The van der Waals surface area contributed by atoms with E-state index in [9.17, 15) is 0 Å². The van der Waals surface area contributed by atoms with Crippen LogP contribution in [0.3, 0.4) is 0 Å². The van der Waals surface area contributed by atoms with Gasteiger partial charge in [-0.25, -0.2) is 0 Å². The summed E-state index contributed by atoms with van der Waals surface area (Å²) in [5.41, 5.74) is 1.11. The Balaban J connectivity index is 1.70. The molecule has 94 valence electrons. The maximum absolute atomic E-state index is 5.94. The van der Waals surface area contributed by atoms with Gasteiger partial charge in [-0.15, -0.1) is 0 Å². The van der Waals surface area contributed by atoms with Crippen LogP contribution in [0.4, 0.5) is 5.69 Å². The molecule has 1 unspecified atom stereocenters. The van der Waals surface area contributed by atoms with Crippen molar-refractivity contribution in [2.45, 2.75) is 19.8 Å². The first-order valence-electron chi connectivity index (χ1n) is 6.49. The van der Waals surface area contributed by atoms with E-state index < -0.39 is 0 Å². The standard InChI is InChI=1S/C14H21ClN2/c1-2-12-6-8-17(11-12)9-7-16-14-5-3-4-13(15)10-14/h3-5,10,12,16H,2,6-9,11H2,1H3. The number of halogens is 1. The highest BCUT2D eigenvalue weighted by Gasteiger charge is 2.19. The molecule has 3 heteroatoms. The number of anilines is 1. The highest BCUT2D eigenvalue weighted by Crippen LogP contribution is 2.19. The van der Waals surface area contributed by atoms with E-state index >= 15 is 0 Å². The van der Waals surface area contributed by atoms with Gasteiger partial charge in [-0.05, 0) is 37.1 Å². The number of likely N-dealkylation sites (tertiary alicyclic amines) is 1. The molecular weight excluding hydrogens is 232 g/mol. The Morgan fingerprint density at radius 1 is 1.47 bits per heavy atom. The van der Waals surface area contributed by atoms with Crippen LogP contribution >= 0.6 is 11.6 Å². The summed E-state index contributed by atoms with van der Waals surface area (Å²) in [6, 6.07) is 7.91. The second-order valence-electron chi connectivity index (χ2n) is 4.80. The molecule has 1 aliphatic rings. The summed E-state index contributed by atoms with van der Waals surface area (Å²) < 4.78 is 0. The van der Waals surface area contributed by atoms with E-state index in [1.165, 1.54) is 25.9 Å². The van der Waals surface area contributed by atoms with Gasteiger partial charge in [0.1, 0.15) is 0 Å². The fourth-order valence-corrected chi connectivity index (χ4v) is 2.60. The zero-order valence-corrected chi connectivity index (χ0v) is 11.2. The first kappa shape index (κ1) is 12.7. The topological polar surface area (TPSA) is 15.3 Å². The molecule has 0 amide bonds. The number of hydrogen-bond acceptors (Lipinski definition) is 2. The predicted molar refractivity (Wildman–Crippen MR) is 74.8 cm³/mol. The minimum Gasteiger partial charge on any atom is -0.384 e. The molecule has 0 radical (unpaired) electrons. The summed E-state index contributed by atoms with van der Waals surface area (Å²) in [5.74, 6) is 0.918. The van der Waals surface area contributed by atoms with Gasteiger partial charge in [0.2, 0.25) is 0 Å². The lowest BCUT2D eigenvalue weighted by Gasteiger charge is -2.16. The van der Waals surface area contributed by atoms with Gasteiger partial charge < -0.3 is 10.2 Å². The molecule has 1 heterocycles. The fraction of sp³-hybridized carbons (Fsp3) is 0.571. The van der Waals surface area contributed by atoms with Crippen molar-refractivity contribution < 1.29 is 0 Å². The monoisotopic (exact) mass is 252 g/mol. The Labute approximate surface area is 109 Å². The van der Waals surface area contributed by atoms with Crippen LogP contribution in [0, 0.1) is 5.92 Å². The Morgan fingerprint density at radius 2 is 2.35 bits per heavy atom. The predicted octanol–water partition coefficient (Wildman–Crippen LogP) is 3.48. The van der Waals surface area contributed by atoms with Gasteiger partial charge in [0.25, 0.3) is 0 Å². The number of rotatable bonds is 5. The van der Waals surface area contributed by atoms with E-state index in [1.807, 2.05) is 18.2 Å². The van der Waals surface area contributed by atoms with Crippen LogP contribution in [0.5, 0.6) is 0 Å². The van der Waals surface area contributed by atoms with Gasteiger partial charge >= 0.3 is 0 Å². The third-order valence-corrected chi connectivity index (χ3v) is 3.76. The normalized spacial score (nSPS) is 20.7. The maximum atomic E-state index is 5.94. The van der Waals surface area contributed by atoms with E-state index in [1.54, 1.807) is 0 Å². The Morgan fingerprint density at radius 3 is 3.06 bits per heavy atom. The largest absolute Gasteiger partial charge is 0.384 e. The van der Waals surface area contributed by atoms with Crippen molar-refractivity contribution in [3.63, 3.8) is 0 Å². The Kier molecular flexibility index (Phi) is 4.69. The van der Waals surface area contributed by atoms with E-state index in [0.717, 1.165) is 29.7 Å². The van der Waals surface area contributed by atoms with Crippen LogP contribution in [-0.4, -0.2) is 31.1 Å². The lowest BCUT2D eigenvalue weighted by Crippen LogP contribution is -2.26. The van der Waals surface area contributed by atoms with E-state index in [-0.39, 0.29) is 0 Å². The molecule has 2 nitrogen and oxygen atoms in total. The van der Waals surface area contributed by atoms with E-state index in [2.05, 4.69) is 23.2 Å². The first-order valence-corrected chi connectivity index (χ1v) is 6.87. The second-order valence-corrected chi connectivity index (χ2v) is 5.24. The molecule has 0 saturated carbocycles. The van der Waals surface area contributed by atoms with Crippen LogP contribution in [0.1, 0.15) is 19.8 Å². The molecule has 17 heavy (non-hydrogen) atoms. The lowest BCUT2D eigenvalue weighted by molar-refractivity contribution is 0.335. The molecule has 1 fully saturated rings. The van der Waals surface area contributed by atoms with Crippen molar-refractivity contribution in [1.29, 1.82) is 0 Å². The molecule has 2 rings (SSSR count). The van der Waals surface area contributed by atoms with Crippen LogP contribution in [-0.2, 0) is 0 Å². The molecule has 0 bridgehead atoms. The smallest absolute Gasteiger partial charge is 0.0426 e. The van der Waals surface area contributed by atoms with Crippen LogP contribution < -0.4 is 5.32 Å². The van der Waals surface area contributed by atoms with Gasteiger partial charge in [0.15, 0.2) is 0 Å². The quantitative estimate of drug-likeness (QED) is 0.863. The molecule has 0 aromatic heterocycles. The van der Waals surface area contributed by atoms with E-state index in [4.69, 9.17) is 11.6 Å². The van der Waals surface area contributed by atoms with Crippen molar-refractivity contribution in [3.8, 4) is 0 Å². The minimum atomic E-state index is 0.794. The third kappa shape index (κ3) is 3.90. The zero-order chi connectivity index (χ0) is 12.1. The van der Waals surface area contributed by atoms with Crippen LogP contribution in [0.25, 0.3) is 0 Å². The zero-order valence-electron chi connectivity index (χ0n) is 10.5. The van der Waals surface area contributed by atoms with Crippen molar-refractivity contribution >= 4 is 17.3 Å². The molecule has 1 aromatic carbocycles. The van der Waals surface area contributed by atoms with Crippen molar-refractivity contribution in [1.82, 2.24) is 4.90 Å². The number of nitrogens with zero attached hydrogens (tertiary/aromatic N) is 1. The Hall–Kier alpha value is -0.730. The molecule has 1 atom stereocenters. The second kappa shape index (κ2) is 6.27. The number of hydrogen-bond donors (Lipinski definition) is 1. The van der Waals surface area contributed by atoms with Gasteiger partial charge in [0.05, 0.1) is 0 Å². The van der Waals surface area contributed by atoms with E-state index in [0.29, 0.717) is 0 Å². The van der Waals surface area contributed by atoms with Crippen molar-refractivity contribution in [2.75, 3.05) is 31.5 Å².